The van der Waals surface area contributed by atoms with Gasteiger partial charge in [0.25, 0.3) is 0 Å². The molecule has 130 valence electrons. The van der Waals surface area contributed by atoms with Crippen molar-refractivity contribution in [1.29, 1.82) is 0 Å². The van der Waals surface area contributed by atoms with Crippen molar-refractivity contribution < 1.29 is 14.3 Å². The van der Waals surface area contributed by atoms with Gasteiger partial charge in [-0.05, 0) is 44.4 Å². The lowest BCUT2D eigenvalue weighted by Crippen LogP contribution is -2.40. The van der Waals surface area contributed by atoms with Crippen LogP contribution in [0.25, 0.3) is 0 Å². The van der Waals surface area contributed by atoms with Crippen molar-refractivity contribution in [3.63, 3.8) is 0 Å². The van der Waals surface area contributed by atoms with Crippen molar-refractivity contribution in [3.8, 4) is 0 Å². The molecular weight excluding hydrogens is 288 g/mol. The molecule has 1 heterocycles. The molecule has 4 aliphatic rings. The molecule has 0 spiro atoms. The third kappa shape index (κ3) is 3.45. The number of carbonyl (C=O) groups excluding carboxylic acids is 1. The second kappa shape index (κ2) is 6.38. The summed E-state index contributed by atoms with van der Waals surface area (Å²) in [5.41, 5.74) is -0.235. The molecular formula is C20H32O3. The summed E-state index contributed by atoms with van der Waals surface area (Å²) >= 11 is 0. The Morgan fingerprint density at radius 2 is 1.74 bits per heavy atom. The quantitative estimate of drug-likeness (QED) is 0.562. The lowest BCUT2D eigenvalue weighted by Gasteiger charge is -2.41. The molecule has 0 amide bonds. The number of hydrogen-bond acceptors (Lipinski definition) is 3. The normalized spacial score (nSPS) is 44.4. The van der Waals surface area contributed by atoms with Crippen molar-refractivity contribution in [1.82, 2.24) is 0 Å². The van der Waals surface area contributed by atoms with Crippen molar-refractivity contribution in [2.45, 2.75) is 102 Å². The summed E-state index contributed by atoms with van der Waals surface area (Å²) in [5, 5.41) is 0. The van der Waals surface area contributed by atoms with Crippen LogP contribution in [0.5, 0.6) is 0 Å². The average Bonchev–Trinajstić information content (AvgIpc) is 3.34. The van der Waals surface area contributed by atoms with Gasteiger partial charge in [-0.25, -0.2) is 0 Å². The lowest BCUT2D eigenvalue weighted by atomic mass is 9.64. The molecule has 5 unspecified atom stereocenters. The molecule has 23 heavy (non-hydrogen) atoms. The summed E-state index contributed by atoms with van der Waals surface area (Å²) in [7, 11) is 0. The molecule has 1 saturated heterocycles. The van der Waals surface area contributed by atoms with E-state index in [1.807, 2.05) is 0 Å². The van der Waals surface area contributed by atoms with Crippen LogP contribution in [0.15, 0.2) is 0 Å². The highest BCUT2D eigenvalue weighted by atomic mass is 16.6. The molecule has 5 atom stereocenters. The summed E-state index contributed by atoms with van der Waals surface area (Å²) < 4.78 is 11.5. The maximum Gasteiger partial charge on any atom is 0.312 e. The lowest BCUT2D eigenvalue weighted by molar-refractivity contribution is -0.165. The third-order valence-electron chi connectivity index (χ3n) is 7.06. The molecule has 3 saturated carbocycles. The molecule has 0 radical (unpaired) electrons. The van der Waals surface area contributed by atoms with E-state index in [2.05, 4.69) is 6.92 Å². The van der Waals surface area contributed by atoms with Crippen LogP contribution in [-0.2, 0) is 14.3 Å². The molecule has 3 heteroatoms. The largest absolute Gasteiger partial charge is 0.462 e. The molecule has 4 fully saturated rings. The fourth-order valence-electron chi connectivity index (χ4n) is 5.50. The fraction of sp³-hybridized carbons (Fsp3) is 0.950. The minimum Gasteiger partial charge on any atom is -0.462 e. The minimum atomic E-state index is -0.235. The van der Waals surface area contributed by atoms with E-state index in [0.717, 1.165) is 43.9 Å². The van der Waals surface area contributed by atoms with Gasteiger partial charge in [-0.3, -0.25) is 4.79 Å². The number of ether oxygens (including phenoxy) is 2. The van der Waals surface area contributed by atoms with Crippen LogP contribution in [0.2, 0.25) is 0 Å². The zero-order valence-corrected chi connectivity index (χ0v) is 14.6. The zero-order valence-electron chi connectivity index (χ0n) is 14.6. The van der Waals surface area contributed by atoms with Crippen LogP contribution in [-0.4, -0.2) is 24.3 Å². The van der Waals surface area contributed by atoms with Crippen LogP contribution in [0.4, 0.5) is 0 Å². The number of carbonyl (C=O) groups is 1. The minimum absolute atomic E-state index is 0.0853. The Hall–Kier alpha value is -0.570. The Morgan fingerprint density at radius 1 is 0.957 bits per heavy atom. The van der Waals surface area contributed by atoms with Gasteiger partial charge in [0.2, 0.25) is 0 Å². The van der Waals surface area contributed by atoms with E-state index >= 15 is 0 Å². The molecule has 3 aliphatic carbocycles. The van der Waals surface area contributed by atoms with Gasteiger partial charge in [0, 0.05) is 6.42 Å². The predicted octanol–water partition coefficient (Wildman–Crippen LogP) is 4.63. The maximum atomic E-state index is 12.9. The Bertz CT molecular complexity index is 442. The first-order valence-corrected chi connectivity index (χ1v) is 10.0. The van der Waals surface area contributed by atoms with Gasteiger partial charge in [-0.1, -0.05) is 44.9 Å². The van der Waals surface area contributed by atoms with E-state index in [0.29, 0.717) is 12.2 Å². The van der Waals surface area contributed by atoms with Gasteiger partial charge >= 0.3 is 5.97 Å². The third-order valence-corrected chi connectivity index (χ3v) is 7.06. The molecule has 0 aromatic carbocycles. The highest BCUT2D eigenvalue weighted by Gasteiger charge is 2.47. The molecule has 0 N–H and O–H groups in total. The average molecular weight is 320 g/mol. The van der Waals surface area contributed by atoms with Crippen LogP contribution >= 0.6 is 0 Å². The predicted molar refractivity (Wildman–Crippen MR) is 89.0 cm³/mol. The first-order chi connectivity index (χ1) is 11.1. The SMILES string of the molecule is CC1(C(=O)OC2CCC3OC3C2)CCCC(C2CCCCC2)C1. The first-order valence-electron chi connectivity index (χ1n) is 10.0. The molecule has 0 aromatic heterocycles. The van der Waals surface area contributed by atoms with Crippen LogP contribution in [0.3, 0.4) is 0 Å². The molecule has 4 rings (SSSR count). The van der Waals surface area contributed by atoms with Crippen molar-refractivity contribution >= 4 is 5.97 Å². The molecule has 3 nitrogen and oxygen atoms in total. The van der Waals surface area contributed by atoms with Crippen LogP contribution in [0, 0.1) is 17.3 Å². The van der Waals surface area contributed by atoms with E-state index in [1.54, 1.807) is 0 Å². The van der Waals surface area contributed by atoms with Crippen LogP contribution in [0.1, 0.15) is 84.0 Å². The summed E-state index contributed by atoms with van der Waals surface area (Å²) in [5.74, 6) is 1.71. The molecule has 1 aliphatic heterocycles. The second-order valence-electron chi connectivity index (χ2n) is 8.87. The van der Waals surface area contributed by atoms with Gasteiger partial charge in [0.05, 0.1) is 17.6 Å². The zero-order chi connectivity index (χ0) is 15.9. The van der Waals surface area contributed by atoms with Crippen molar-refractivity contribution in [2.75, 3.05) is 0 Å². The second-order valence-corrected chi connectivity index (χ2v) is 8.87. The molecule has 0 bridgehead atoms. The van der Waals surface area contributed by atoms with Gasteiger partial charge in [-0.2, -0.15) is 0 Å². The van der Waals surface area contributed by atoms with E-state index in [9.17, 15) is 4.79 Å². The first kappa shape index (κ1) is 15.9. The van der Waals surface area contributed by atoms with Crippen LogP contribution < -0.4 is 0 Å². The Labute approximate surface area is 140 Å². The highest BCUT2D eigenvalue weighted by Crippen LogP contribution is 2.47. The number of epoxide rings is 1. The van der Waals surface area contributed by atoms with Gasteiger partial charge in [0.1, 0.15) is 6.10 Å². The molecule has 0 aromatic rings. The number of rotatable bonds is 3. The Kier molecular flexibility index (Phi) is 4.42. The van der Waals surface area contributed by atoms with Gasteiger partial charge in [-0.15, -0.1) is 0 Å². The summed E-state index contributed by atoms with van der Waals surface area (Å²) in [6.45, 7) is 2.17. The van der Waals surface area contributed by atoms with E-state index in [1.165, 1.54) is 44.9 Å². The number of esters is 1. The Morgan fingerprint density at radius 3 is 2.52 bits per heavy atom. The van der Waals surface area contributed by atoms with E-state index < -0.39 is 0 Å². The standard InChI is InChI=1S/C20H32O3/c1-20(19(21)22-16-9-10-17-18(12-16)23-17)11-5-8-15(13-20)14-6-3-2-4-7-14/h14-18H,2-13H2,1H3. The van der Waals surface area contributed by atoms with E-state index in [4.69, 9.17) is 9.47 Å². The fourth-order valence-corrected chi connectivity index (χ4v) is 5.50. The highest BCUT2D eigenvalue weighted by molar-refractivity contribution is 5.76. The summed E-state index contributed by atoms with van der Waals surface area (Å²) in [4.78, 5) is 12.9. The van der Waals surface area contributed by atoms with E-state index in [-0.39, 0.29) is 17.5 Å². The smallest absolute Gasteiger partial charge is 0.312 e. The number of hydrogen-bond donors (Lipinski definition) is 0. The van der Waals surface area contributed by atoms with Gasteiger partial charge in [0.15, 0.2) is 0 Å². The van der Waals surface area contributed by atoms with Crippen molar-refractivity contribution in [3.05, 3.63) is 0 Å². The maximum absolute atomic E-state index is 12.9. The van der Waals surface area contributed by atoms with Crippen molar-refractivity contribution in [2.24, 2.45) is 17.3 Å². The topological polar surface area (TPSA) is 38.8 Å². The summed E-state index contributed by atoms with van der Waals surface area (Å²) in [6.07, 6.45) is 15.6. The number of fused-ring (bicyclic) bond motifs is 1. The Balaban J connectivity index is 1.34. The van der Waals surface area contributed by atoms with Gasteiger partial charge < -0.3 is 9.47 Å². The summed E-state index contributed by atoms with van der Waals surface area (Å²) in [6, 6.07) is 0. The monoisotopic (exact) mass is 320 g/mol.